The van der Waals surface area contributed by atoms with Crippen molar-refractivity contribution in [3.63, 3.8) is 0 Å². The van der Waals surface area contributed by atoms with Crippen LogP contribution in [0.1, 0.15) is 13.8 Å². The van der Waals surface area contributed by atoms with Crippen molar-refractivity contribution in [1.29, 1.82) is 0 Å². The van der Waals surface area contributed by atoms with Gasteiger partial charge in [0.05, 0.1) is 0 Å². The fourth-order valence-corrected chi connectivity index (χ4v) is 5.97. The first-order chi connectivity index (χ1) is 8.56. The van der Waals surface area contributed by atoms with Gasteiger partial charge in [0.25, 0.3) is 0 Å². The molecule has 0 spiro atoms. The Hall–Kier alpha value is -0.626. The first-order valence-electron chi connectivity index (χ1n) is 6.66. The third kappa shape index (κ3) is 5.81. The van der Waals surface area contributed by atoms with Gasteiger partial charge in [-0.1, -0.05) is 18.2 Å². The molecule has 0 saturated carbocycles. The van der Waals surface area contributed by atoms with Crippen LogP contribution in [0.2, 0.25) is 12.6 Å². The molecule has 0 aliphatic rings. The summed E-state index contributed by atoms with van der Waals surface area (Å²) in [6.45, 7) is 7.97. The van der Waals surface area contributed by atoms with Gasteiger partial charge in [-0.25, -0.2) is 0 Å². The second-order valence-electron chi connectivity index (χ2n) is 4.78. The van der Waals surface area contributed by atoms with Crippen molar-refractivity contribution in [2.45, 2.75) is 32.2 Å². The van der Waals surface area contributed by atoms with Gasteiger partial charge in [0.15, 0.2) is 0 Å². The van der Waals surface area contributed by atoms with Gasteiger partial charge in [0.2, 0.25) is 0 Å². The number of anilines is 1. The van der Waals surface area contributed by atoms with E-state index in [9.17, 15) is 0 Å². The van der Waals surface area contributed by atoms with Gasteiger partial charge in [0.1, 0.15) is 0 Å². The van der Waals surface area contributed by atoms with Crippen molar-refractivity contribution in [2.75, 3.05) is 18.5 Å². The Bertz CT molecular complexity index is 335. The summed E-state index contributed by atoms with van der Waals surface area (Å²) < 4.78 is 11.9. The number of rotatable bonds is 8. The molecule has 1 aromatic carbocycles. The first kappa shape index (κ1) is 15.4. The number of nitrogens with one attached hydrogen (secondary N) is 1. The maximum Gasteiger partial charge on any atom is 0.336 e. The molecule has 2 atom stereocenters. The minimum Gasteiger partial charge on any atom is -0.396 e. The lowest BCUT2D eigenvalue weighted by Gasteiger charge is -2.29. The normalized spacial score (nSPS) is 16.2. The molecule has 0 heterocycles. The maximum atomic E-state index is 6.05. The highest BCUT2D eigenvalue weighted by atomic mass is 28.4. The minimum absolute atomic E-state index is 0.366. The fraction of sp³-hybridized carbons (Fsp3) is 0.538. The van der Waals surface area contributed by atoms with E-state index in [1.807, 2.05) is 25.1 Å². The molecule has 5 heteroatoms. The van der Waals surface area contributed by atoms with E-state index in [0.717, 1.165) is 35.1 Å². The van der Waals surface area contributed by atoms with Crippen molar-refractivity contribution >= 4 is 24.5 Å². The van der Waals surface area contributed by atoms with Crippen molar-refractivity contribution in [2.24, 2.45) is 0 Å². The second kappa shape index (κ2) is 7.73. The predicted molar refractivity (Wildman–Crippen MR) is 83.5 cm³/mol. The van der Waals surface area contributed by atoms with Crippen LogP contribution in [0.25, 0.3) is 0 Å². The summed E-state index contributed by atoms with van der Waals surface area (Å²) in [5, 5.41) is 3.42. The molecule has 0 bridgehead atoms. The van der Waals surface area contributed by atoms with Gasteiger partial charge >= 0.3 is 8.56 Å². The fourth-order valence-electron chi connectivity index (χ4n) is 1.96. The van der Waals surface area contributed by atoms with E-state index in [0.29, 0.717) is 5.73 Å². The highest BCUT2D eigenvalue weighted by molar-refractivity contribution is 6.66. The van der Waals surface area contributed by atoms with Crippen LogP contribution in [0.3, 0.4) is 0 Å². The zero-order valence-corrected chi connectivity index (χ0v) is 14.9. The zero-order valence-electron chi connectivity index (χ0n) is 11.9. The van der Waals surface area contributed by atoms with Crippen LogP contribution in [-0.2, 0) is 8.85 Å². The molecule has 0 aromatic heterocycles. The molecule has 1 N–H and O–H groups in total. The first-order valence-corrected chi connectivity index (χ1v) is 10.3. The average Bonchev–Trinajstić information content (AvgIpc) is 2.29. The third-order valence-corrected chi connectivity index (χ3v) is 6.35. The van der Waals surface area contributed by atoms with E-state index in [4.69, 9.17) is 8.85 Å². The summed E-state index contributed by atoms with van der Waals surface area (Å²) in [4.78, 5) is 0. The van der Waals surface area contributed by atoms with Crippen molar-refractivity contribution in [3.8, 4) is 0 Å². The highest BCUT2D eigenvalue weighted by Gasteiger charge is 2.31. The molecule has 1 rings (SSSR count). The van der Waals surface area contributed by atoms with Gasteiger partial charge in [-0.05, 0) is 32.5 Å². The van der Waals surface area contributed by atoms with Crippen LogP contribution >= 0.6 is 0 Å². The van der Waals surface area contributed by atoms with E-state index < -0.39 is 8.56 Å². The zero-order chi connectivity index (χ0) is 13.4. The van der Waals surface area contributed by atoms with Gasteiger partial charge in [-0.2, -0.15) is 0 Å². The monoisotopic (exact) mass is 283 g/mol. The Morgan fingerprint density at radius 1 is 1.33 bits per heavy atom. The summed E-state index contributed by atoms with van der Waals surface area (Å²) in [7, 11) is -0.941. The quantitative estimate of drug-likeness (QED) is 0.740. The van der Waals surface area contributed by atoms with Crippen LogP contribution in [-0.4, -0.2) is 37.7 Å². The van der Waals surface area contributed by atoms with Crippen LogP contribution < -0.4 is 5.32 Å². The number of hydrogen-bond donors (Lipinski definition) is 1. The van der Waals surface area contributed by atoms with E-state index in [-0.39, 0.29) is 0 Å². The Morgan fingerprint density at radius 3 is 2.56 bits per heavy atom. The number of benzene rings is 1. The summed E-state index contributed by atoms with van der Waals surface area (Å²) >= 11 is 0. The average molecular weight is 284 g/mol. The Labute approximate surface area is 115 Å². The molecule has 0 aliphatic heterocycles. The topological polar surface area (TPSA) is 30.5 Å². The highest BCUT2D eigenvalue weighted by Crippen LogP contribution is 2.16. The van der Waals surface area contributed by atoms with Crippen LogP contribution in [0.15, 0.2) is 30.3 Å². The molecular weight excluding hydrogens is 258 g/mol. The molecule has 18 heavy (non-hydrogen) atoms. The van der Waals surface area contributed by atoms with Crippen LogP contribution in [0.4, 0.5) is 5.69 Å². The minimum atomic E-state index is -1.99. The van der Waals surface area contributed by atoms with Crippen molar-refractivity contribution in [3.05, 3.63) is 30.3 Å². The van der Waals surface area contributed by atoms with E-state index in [2.05, 4.69) is 30.9 Å². The number of hydrogen-bond acceptors (Lipinski definition) is 3. The molecule has 102 valence electrons. The largest absolute Gasteiger partial charge is 0.396 e. The predicted octanol–water partition coefficient (Wildman–Crippen LogP) is 1.94. The van der Waals surface area contributed by atoms with Gasteiger partial charge in [-0.3, -0.25) is 0 Å². The molecule has 0 radical (unpaired) electrons. The van der Waals surface area contributed by atoms with Crippen molar-refractivity contribution < 1.29 is 8.85 Å². The molecule has 0 aliphatic carbocycles. The summed E-state index contributed by atoms with van der Waals surface area (Å²) in [5.41, 5.74) is 1.52. The van der Waals surface area contributed by atoms with Gasteiger partial charge in [0, 0.05) is 40.9 Å². The molecule has 0 amide bonds. The smallest absolute Gasteiger partial charge is 0.336 e. The molecule has 3 nitrogen and oxygen atoms in total. The van der Waals surface area contributed by atoms with E-state index >= 15 is 0 Å². The lowest BCUT2D eigenvalue weighted by molar-refractivity contribution is 0.172. The molecule has 0 fully saturated rings. The van der Waals surface area contributed by atoms with E-state index in [1.165, 1.54) is 0 Å². The molecule has 0 saturated heterocycles. The molecular formula is C13H25NO2Si2. The summed E-state index contributed by atoms with van der Waals surface area (Å²) in [6.07, 6.45) is 0. The Kier molecular flexibility index (Phi) is 6.63. The van der Waals surface area contributed by atoms with Crippen LogP contribution in [0.5, 0.6) is 0 Å². The Balaban J connectivity index is 2.42. The molecule has 2 unspecified atom stereocenters. The number of para-hydroxylation sites is 1. The molecule has 1 aromatic rings. The lowest BCUT2D eigenvalue weighted by atomic mass is 10.3. The standard InChI is InChI=1S/C13H25NO2Si2/c1-4-15-18(3,16-12(2)17)11-10-14-13-8-6-5-7-9-13/h5-9,12,14H,4,10-11H2,1-3,17H3. The van der Waals surface area contributed by atoms with Crippen LogP contribution in [0, 0.1) is 0 Å². The lowest BCUT2D eigenvalue weighted by Crippen LogP contribution is -2.43. The summed E-state index contributed by atoms with van der Waals surface area (Å²) in [6, 6.07) is 11.2. The van der Waals surface area contributed by atoms with Gasteiger partial charge in [-0.15, -0.1) is 0 Å². The SMILES string of the molecule is CCO[Si](C)(CCNc1ccccc1)OC(C)[SiH3]. The third-order valence-electron chi connectivity index (χ3n) is 2.62. The Morgan fingerprint density at radius 2 is 2.00 bits per heavy atom. The van der Waals surface area contributed by atoms with E-state index in [1.54, 1.807) is 0 Å². The second-order valence-corrected chi connectivity index (χ2v) is 9.69. The van der Waals surface area contributed by atoms with Gasteiger partial charge < -0.3 is 14.2 Å². The maximum absolute atomic E-state index is 6.05. The van der Waals surface area contributed by atoms with Crippen molar-refractivity contribution in [1.82, 2.24) is 0 Å². The summed E-state index contributed by atoms with van der Waals surface area (Å²) in [5.74, 6) is 0.